The van der Waals surface area contributed by atoms with Gasteiger partial charge in [0, 0.05) is 29.8 Å². The Labute approximate surface area is 117 Å². The first-order valence-electron chi connectivity index (χ1n) is 6.26. The highest BCUT2D eigenvalue weighted by molar-refractivity contribution is 5.95. The van der Waals surface area contributed by atoms with E-state index >= 15 is 0 Å². The van der Waals surface area contributed by atoms with Crippen molar-refractivity contribution in [2.45, 2.75) is 20.4 Å². The monoisotopic (exact) mass is 271 g/mol. The van der Waals surface area contributed by atoms with Crippen LogP contribution in [0.25, 0.3) is 0 Å². The standard InChI is InChI=1S/C15H17N3O2/c1-9-5-12(6-13(14(9)16)15(19)20)18-8-11-4-3-10(2)17-7-11/h3-7,18H,8,16H2,1-2H3,(H,19,20). The topological polar surface area (TPSA) is 88.2 Å². The molecular formula is C15H17N3O2. The summed E-state index contributed by atoms with van der Waals surface area (Å²) in [5.41, 5.74) is 9.65. The number of hydrogen-bond donors (Lipinski definition) is 3. The van der Waals surface area contributed by atoms with E-state index in [4.69, 9.17) is 10.8 Å². The number of anilines is 2. The molecule has 0 aliphatic heterocycles. The Morgan fingerprint density at radius 1 is 1.35 bits per heavy atom. The van der Waals surface area contributed by atoms with Crippen molar-refractivity contribution in [3.63, 3.8) is 0 Å². The van der Waals surface area contributed by atoms with Crippen LogP contribution in [0, 0.1) is 13.8 Å². The average Bonchev–Trinajstić information content (AvgIpc) is 2.41. The van der Waals surface area contributed by atoms with E-state index < -0.39 is 5.97 Å². The molecule has 1 heterocycles. The average molecular weight is 271 g/mol. The Hall–Kier alpha value is -2.56. The highest BCUT2D eigenvalue weighted by Crippen LogP contribution is 2.23. The molecule has 0 bridgehead atoms. The summed E-state index contributed by atoms with van der Waals surface area (Å²) in [5, 5.41) is 12.3. The molecule has 0 aliphatic carbocycles. The number of nitrogens with two attached hydrogens (primary N) is 1. The van der Waals surface area contributed by atoms with Gasteiger partial charge in [-0.25, -0.2) is 4.79 Å². The van der Waals surface area contributed by atoms with Gasteiger partial charge < -0.3 is 16.2 Å². The van der Waals surface area contributed by atoms with Crippen LogP contribution in [0.15, 0.2) is 30.5 Å². The minimum atomic E-state index is -1.02. The molecule has 0 fully saturated rings. The van der Waals surface area contributed by atoms with Crippen LogP contribution in [0.2, 0.25) is 0 Å². The lowest BCUT2D eigenvalue weighted by Crippen LogP contribution is -2.07. The quantitative estimate of drug-likeness (QED) is 0.744. The smallest absolute Gasteiger partial charge is 0.337 e. The number of aromatic nitrogens is 1. The number of aryl methyl sites for hydroxylation is 2. The molecule has 0 aliphatic rings. The van der Waals surface area contributed by atoms with Crippen LogP contribution in [0.5, 0.6) is 0 Å². The summed E-state index contributed by atoms with van der Waals surface area (Å²) >= 11 is 0. The number of carboxylic acid groups (broad SMARTS) is 1. The van der Waals surface area contributed by atoms with Gasteiger partial charge in [0.1, 0.15) is 0 Å². The van der Waals surface area contributed by atoms with Crippen molar-refractivity contribution in [2.24, 2.45) is 0 Å². The van der Waals surface area contributed by atoms with Crippen LogP contribution < -0.4 is 11.1 Å². The second-order valence-corrected chi connectivity index (χ2v) is 4.72. The fourth-order valence-electron chi connectivity index (χ4n) is 1.88. The first kappa shape index (κ1) is 13.9. The fourth-order valence-corrected chi connectivity index (χ4v) is 1.88. The maximum absolute atomic E-state index is 11.1. The highest BCUT2D eigenvalue weighted by atomic mass is 16.4. The van der Waals surface area contributed by atoms with Crippen molar-refractivity contribution in [2.75, 3.05) is 11.1 Å². The second-order valence-electron chi connectivity index (χ2n) is 4.72. The molecule has 0 radical (unpaired) electrons. The van der Waals surface area contributed by atoms with Crippen LogP contribution in [0.4, 0.5) is 11.4 Å². The van der Waals surface area contributed by atoms with E-state index in [0.717, 1.165) is 22.5 Å². The highest BCUT2D eigenvalue weighted by Gasteiger charge is 2.11. The number of aromatic carboxylic acids is 1. The molecule has 2 rings (SSSR count). The summed E-state index contributed by atoms with van der Waals surface area (Å²) in [4.78, 5) is 15.3. The molecule has 104 valence electrons. The van der Waals surface area contributed by atoms with Gasteiger partial charge in [-0.3, -0.25) is 4.98 Å². The molecule has 0 saturated heterocycles. The number of benzene rings is 1. The molecular weight excluding hydrogens is 254 g/mol. The van der Waals surface area contributed by atoms with Crippen molar-refractivity contribution >= 4 is 17.3 Å². The molecule has 5 heteroatoms. The SMILES string of the molecule is Cc1ccc(CNc2cc(C)c(N)c(C(=O)O)c2)cn1. The zero-order chi connectivity index (χ0) is 14.7. The molecule has 5 nitrogen and oxygen atoms in total. The number of hydrogen-bond acceptors (Lipinski definition) is 4. The van der Waals surface area contributed by atoms with Crippen molar-refractivity contribution in [1.82, 2.24) is 4.98 Å². The number of nitrogen functional groups attached to an aromatic ring is 1. The lowest BCUT2D eigenvalue weighted by Gasteiger charge is -2.11. The van der Waals surface area contributed by atoms with Crippen molar-refractivity contribution < 1.29 is 9.90 Å². The minimum absolute atomic E-state index is 0.120. The molecule has 20 heavy (non-hydrogen) atoms. The first-order chi connectivity index (χ1) is 9.47. The first-order valence-corrected chi connectivity index (χ1v) is 6.26. The zero-order valence-electron chi connectivity index (χ0n) is 11.5. The van der Waals surface area contributed by atoms with Crippen LogP contribution in [-0.4, -0.2) is 16.1 Å². The predicted octanol–water partition coefficient (Wildman–Crippen LogP) is 2.59. The summed E-state index contributed by atoms with van der Waals surface area (Å²) in [5.74, 6) is -1.02. The van der Waals surface area contributed by atoms with Crippen molar-refractivity contribution in [1.29, 1.82) is 0 Å². The van der Waals surface area contributed by atoms with Gasteiger partial charge in [0.05, 0.1) is 5.56 Å². The summed E-state index contributed by atoms with van der Waals surface area (Å²) < 4.78 is 0. The maximum atomic E-state index is 11.1. The Morgan fingerprint density at radius 3 is 2.70 bits per heavy atom. The van der Waals surface area contributed by atoms with E-state index in [1.54, 1.807) is 19.2 Å². The predicted molar refractivity (Wildman–Crippen MR) is 78.9 cm³/mol. The third kappa shape index (κ3) is 3.06. The Kier molecular flexibility index (Phi) is 3.89. The molecule has 0 spiro atoms. The van der Waals surface area contributed by atoms with E-state index in [1.165, 1.54) is 0 Å². The van der Waals surface area contributed by atoms with E-state index in [1.807, 2.05) is 25.1 Å². The van der Waals surface area contributed by atoms with Gasteiger partial charge in [0.2, 0.25) is 0 Å². The molecule has 4 N–H and O–H groups in total. The van der Waals surface area contributed by atoms with Crippen LogP contribution >= 0.6 is 0 Å². The number of pyridine rings is 1. The number of nitrogens with zero attached hydrogens (tertiary/aromatic N) is 1. The van der Waals surface area contributed by atoms with Gasteiger partial charge in [-0.1, -0.05) is 6.07 Å². The Morgan fingerprint density at radius 2 is 2.10 bits per heavy atom. The summed E-state index contributed by atoms with van der Waals surface area (Å²) in [6.45, 7) is 4.30. The largest absolute Gasteiger partial charge is 0.478 e. The van der Waals surface area contributed by atoms with Gasteiger partial charge in [-0.2, -0.15) is 0 Å². The summed E-state index contributed by atoms with van der Waals surface area (Å²) in [7, 11) is 0. The van der Waals surface area contributed by atoms with Gasteiger partial charge in [0.25, 0.3) is 0 Å². The van der Waals surface area contributed by atoms with E-state index in [9.17, 15) is 4.79 Å². The normalized spacial score (nSPS) is 10.3. The molecule has 1 aromatic carbocycles. The number of rotatable bonds is 4. The zero-order valence-corrected chi connectivity index (χ0v) is 11.5. The lowest BCUT2D eigenvalue weighted by molar-refractivity contribution is 0.0698. The third-order valence-corrected chi connectivity index (χ3v) is 3.09. The maximum Gasteiger partial charge on any atom is 0.337 e. The van der Waals surface area contributed by atoms with Gasteiger partial charge in [-0.05, 0) is 43.2 Å². The van der Waals surface area contributed by atoms with E-state index in [-0.39, 0.29) is 5.56 Å². The van der Waals surface area contributed by atoms with E-state index in [2.05, 4.69) is 10.3 Å². The molecule has 0 amide bonds. The third-order valence-electron chi connectivity index (χ3n) is 3.09. The van der Waals surface area contributed by atoms with Crippen molar-refractivity contribution in [3.05, 3.63) is 52.8 Å². The van der Waals surface area contributed by atoms with Crippen molar-refractivity contribution in [3.8, 4) is 0 Å². The van der Waals surface area contributed by atoms with Crippen LogP contribution in [0.1, 0.15) is 27.2 Å². The van der Waals surface area contributed by atoms with Gasteiger partial charge >= 0.3 is 5.97 Å². The number of carbonyl (C=O) groups is 1. The van der Waals surface area contributed by atoms with E-state index in [0.29, 0.717) is 12.2 Å². The Bertz CT molecular complexity index is 636. The molecule has 0 saturated carbocycles. The van der Waals surface area contributed by atoms with Crippen LogP contribution in [0.3, 0.4) is 0 Å². The van der Waals surface area contributed by atoms with Gasteiger partial charge in [0.15, 0.2) is 0 Å². The van der Waals surface area contributed by atoms with Gasteiger partial charge in [-0.15, -0.1) is 0 Å². The number of carboxylic acids is 1. The molecule has 0 unspecified atom stereocenters. The van der Waals surface area contributed by atoms with Crippen LogP contribution in [-0.2, 0) is 6.54 Å². The Balaban J connectivity index is 2.17. The molecule has 1 aromatic heterocycles. The fraction of sp³-hybridized carbons (Fsp3) is 0.200. The summed E-state index contributed by atoms with van der Waals surface area (Å²) in [6.07, 6.45) is 1.80. The molecule has 2 aromatic rings. The number of nitrogens with one attached hydrogen (secondary N) is 1. The lowest BCUT2D eigenvalue weighted by atomic mass is 10.1. The second kappa shape index (κ2) is 5.61. The minimum Gasteiger partial charge on any atom is -0.478 e. The summed E-state index contributed by atoms with van der Waals surface area (Å²) in [6, 6.07) is 7.31. The molecule has 0 atom stereocenters.